The van der Waals surface area contributed by atoms with Crippen molar-refractivity contribution in [2.75, 3.05) is 30.8 Å². The molecule has 0 aromatic carbocycles. The lowest BCUT2D eigenvalue weighted by Gasteiger charge is -2.08. The average molecular weight is 252 g/mol. The molecular formula is C12H20N4O2. The van der Waals surface area contributed by atoms with Gasteiger partial charge in [-0.1, -0.05) is 6.92 Å². The molecule has 5 N–H and O–H groups in total. The third-order valence-electron chi connectivity index (χ3n) is 2.32. The van der Waals surface area contributed by atoms with Gasteiger partial charge in [-0.25, -0.2) is 4.98 Å². The highest BCUT2D eigenvalue weighted by Crippen LogP contribution is 2.13. The summed E-state index contributed by atoms with van der Waals surface area (Å²) in [7, 11) is 0. The van der Waals surface area contributed by atoms with Gasteiger partial charge in [-0.05, 0) is 18.9 Å². The molecule has 0 fully saturated rings. The van der Waals surface area contributed by atoms with E-state index in [1.54, 1.807) is 6.07 Å². The summed E-state index contributed by atoms with van der Waals surface area (Å²) in [4.78, 5) is 15.2. The lowest BCUT2D eigenvalue weighted by Crippen LogP contribution is -2.15. The van der Waals surface area contributed by atoms with Gasteiger partial charge < -0.3 is 21.5 Å². The van der Waals surface area contributed by atoms with Crippen LogP contribution in [0.1, 0.15) is 30.1 Å². The SMILES string of the molecule is CCCOCCCNc1cc(C(N)=O)c(N)cn1. The minimum Gasteiger partial charge on any atom is -0.397 e. The van der Waals surface area contributed by atoms with Crippen molar-refractivity contribution in [3.05, 3.63) is 17.8 Å². The van der Waals surface area contributed by atoms with E-state index in [0.717, 1.165) is 26.0 Å². The topological polar surface area (TPSA) is 103 Å². The minimum atomic E-state index is -0.552. The molecule has 0 aliphatic heterocycles. The molecular weight excluding hydrogens is 232 g/mol. The van der Waals surface area contributed by atoms with E-state index in [1.165, 1.54) is 6.20 Å². The summed E-state index contributed by atoms with van der Waals surface area (Å²) in [6, 6.07) is 1.56. The van der Waals surface area contributed by atoms with Crippen molar-refractivity contribution >= 4 is 17.4 Å². The Morgan fingerprint density at radius 1 is 1.50 bits per heavy atom. The molecule has 0 bridgehead atoms. The molecule has 1 heterocycles. The zero-order valence-corrected chi connectivity index (χ0v) is 10.6. The second-order valence-electron chi connectivity index (χ2n) is 3.91. The molecule has 100 valence electrons. The van der Waals surface area contributed by atoms with Gasteiger partial charge >= 0.3 is 0 Å². The molecule has 1 rings (SSSR count). The molecule has 0 atom stereocenters. The molecule has 0 aliphatic rings. The minimum absolute atomic E-state index is 0.287. The predicted octanol–water partition coefficient (Wildman–Crippen LogP) is 0.991. The number of nitrogens with two attached hydrogens (primary N) is 2. The van der Waals surface area contributed by atoms with E-state index in [9.17, 15) is 4.79 Å². The Morgan fingerprint density at radius 2 is 2.28 bits per heavy atom. The first-order chi connectivity index (χ1) is 8.65. The molecule has 0 radical (unpaired) electrons. The van der Waals surface area contributed by atoms with Crippen LogP contribution in [0.5, 0.6) is 0 Å². The maximum Gasteiger partial charge on any atom is 0.250 e. The molecule has 1 aromatic heterocycles. The fraction of sp³-hybridized carbons (Fsp3) is 0.500. The Bertz CT molecular complexity index is 396. The fourth-order valence-electron chi connectivity index (χ4n) is 1.41. The van der Waals surface area contributed by atoms with Crippen LogP contribution < -0.4 is 16.8 Å². The summed E-state index contributed by atoms with van der Waals surface area (Å²) in [5.41, 5.74) is 11.4. The van der Waals surface area contributed by atoms with Gasteiger partial charge in [-0.15, -0.1) is 0 Å². The van der Waals surface area contributed by atoms with E-state index >= 15 is 0 Å². The molecule has 0 saturated heterocycles. The Hall–Kier alpha value is -1.82. The van der Waals surface area contributed by atoms with Gasteiger partial charge in [0.2, 0.25) is 0 Å². The van der Waals surface area contributed by atoms with Crippen LogP contribution in [-0.2, 0) is 4.74 Å². The van der Waals surface area contributed by atoms with E-state index < -0.39 is 5.91 Å². The van der Waals surface area contributed by atoms with Crippen LogP contribution in [-0.4, -0.2) is 30.6 Å². The van der Waals surface area contributed by atoms with Crippen molar-refractivity contribution in [2.45, 2.75) is 19.8 Å². The number of rotatable bonds is 8. The number of nitrogen functional groups attached to an aromatic ring is 1. The number of amides is 1. The van der Waals surface area contributed by atoms with Crippen LogP contribution in [0.25, 0.3) is 0 Å². The maximum atomic E-state index is 11.1. The first-order valence-corrected chi connectivity index (χ1v) is 6.02. The standard InChI is InChI=1S/C12H20N4O2/c1-2-5-18-6-3-4-15-11-7-9(12(14)17)10(13)8-16-11/h7-8H,2-6,13H2,1H3,(H2,14,17)(H,15,16). The highest BCUT2D eigenvalue weighted by Gasteiger charge is 2.07. The first-order valence-electron chi connectivity index (χ1n) is 6.02. The zero-order chi connectivity index (χ0) is 13.4. The Labute approximate surface area is 107 Å². The lowest BCUT2D eigenvalue weighted by atomic mass is 10.2. The van der Waals surface area contributed by atoms with Gasteiger partial charge in [-0.3, -0.25) is 4.79 Å². The highest BCUT2D eigenvalue weighted by atomic mass is 16.5. The number of hydrogen-bond donors (Lipinski definition) is 3. The normalized spacial score (nSPS) is 10.3. The number of nitrogens with one attached hydrogen (secondary N) is 1. The molecule has 0 unspecified atom stereocenters. The summed E-state index contributed by atoms with van der Waals surface area (Å²) in [5, 5.41) is 3.09. The summed E-state index contributed by atoms with van der Waals surface area (Å²) < 4.78 is 5.35. The molecule has 6 nitrogen and oxygen atoms in total. The second kappa shape index (κ2) is 7.50. The number of hydrogen-bond acceptors (Lipinski definition) is 5. The van der Waals surface area contributed by atoms with E-state index in [-0.39, 0.29) is 5.56 Å². The Balaban J connectivity index is 2.38. The van der Waals surface area contributed by atoms with Crippen molar-refractivity contribution in [1.29, 1.82) is 0 Å². The van der Waals surface area contributed by atoms with Crippen LogP contribution >= 0.6 is 0 Å². The van der Waals surface area contributed by atoms with Crippen LogP contribution in [0.15, 0.2) is 12.3 Å². The van der Waals surface area contributed by atoms with Crippen LogP contribution in [0.2, 0.25) is 0 Å². The number of anilines is 2. The highest BCUT2D eigenvalue weighted by molar-refractivity contribution is 5.98. The fourth-order valence-corrected chi connectivity index (χ4v) is 1.41. The van der Waals surface area contributed by atoms with E-state index in [2.05, 4.69) is 17.2 Å². The van der Waals surface area contributed by atoms with Crippen molar-refractivity contribution in [3.8, 4) is 0 Å². The molecule has 1 amide bonds. The molecule has 18 heavy (non-hydrogen) atoms. The summed E-state index contributed by atoms with van der Waals surface area (Å²) in [6.07, 6.45) is 3.32. The molecule has 0 spiro atoms. The van der Waals surface area contributed by atoms with Gasteiger partial charge in [0.25, 0.3) is 5.91 Å². The summed E-state index contributed by atoms with van der Waals surface area (Å²) in [6.45, 7) is 4.28. The molecule has 0 saturated carbocycles. The Morgan fingerprint density at radius 3 is 2.94 bits per heavy atom. The first kappa shape index (κ1) is 14.2. The van der Waals surface area contributed by atoms with Crippen LogP contribution in [0, 0.1) is 0 Å². The number of aromatic nitrogens is 1. The zero-order valence-electron chi connectivity index (χ0n) is 10.6. The van der Waals surface area contributed by atoms with Crippen molar-refractivity contribution in [3.63, 3.8) is 0 Å². The number of primary amides is 1. The lowest BCUT2D eigenvalue weighted by molar-refractivity contribution is 0.100. The van der Waals surface area contributed by atoms with Gasteiger partial charge in [0.05, 0.1) is 17.4 Å². The average Bonchev–Trinajstić information content (AvgIpc) is 2.35. The number of ether oxygens (including phenoxy) is 1. The van der Waals surface area contributed by atoms with Crippen LogP contribution in [0.3, 0.4) is 0 Å². The van der Waals surface area contributed by atoms with E-state index in [1.807, 2.05) is 0 Å². The third-order valence-corrected chi connectivity index (χ3v) is 2.32. The second-order valence-corrected chi connectivity index (χ2v) is 3.91. The van der Waals surface area contributed by atoms with E-state index in [0.29, 0.717) is 18.1 Å². The van der Waals surface area contributed by atoms with E-state index in [4.69, 9.17) is 16.2 Å². The van der Waals surface area contributed by atoms with Gasteiger partial charge in [-0.2, -0.15) is 0 Å². The molecule has 6 heteroatoms. The predicted molar refractivity (Wildman–Crippen MR) is 71.4 cm³/mol. The smallest absolute Gasteiger partial charge is 0.250 e. The number of pyridine rings is 1. The number of nitrogens with zero attached hydrogens (tertiary/aromatic N) is 1. The monoisotopic (exact) mass is 252 g/mol. The van der Waals surface area contributed by atoms with Gasteiger partial charge in [0.1, 0.15) is 5.82 Å². The quantitative estimate of drug-likeness (QED) is 0.599. The summed E-state index contributed by atoms with van der Waals surface area (Å²) >= 11 is 0. The molecule has 0 aliphatic carbocycles. The van der Waals surface area contributed by atoms with Crippen molar-refractivity contribution < 1.29 is 9.53 Å². The largest absolute Gasteiger partial charge is 0.397 e. The third kappa shape index (κ3) is 4.58. The van der Waals surface area contributed by atoms with Gasteiger partial charge in [0.15, 0.2) is 0 Å². The maximum absolute atomic E-state index is 11.1. The summed E-state index contributed by atoms with van der Waals surface area (Å²) in [5.74, 6) is 0.0396. The van der Waals surface area contributed by atoms with Crippen molar-refractivity contribution in [2.24, 2.45) is 5.73 Å². The molecule has 1 aromatic rings. The van der Waals surface area contributed by atoms with Crippen LogP contribution in [0.4, 0.5) is 11.5 Å². The Kier molecular flexibility index (Phi) is 5.93. The van der Waals surface area contributed by atoms with Gasteiger partial charge in [0, 0.05) is 19.8 Å². The number of carbonyl (C=O) groups excluding carboxylic acids is 1. The number of carbonyl (C=O) groups is 1. The van der Waals surface area contributed by atoms with Crippen molar-refractivity contribution in [1.82, 2.24) is 4.98 Å².